The van der Waals surface area contributed by atoms with Crippen LogP contribution in [-0.2, 0) is 17.5 Å². The lowest BCUT2D eigenvalue weighted by atomic mass is 9.96. The molecular weight excluding hydrogens is 263 g/mol. The lowest BCUT2D eigenvalue weighted by molar-refractivity contribution is -0.138. The van der Waals surface area contributed by atoms with E-state index in [9.17, 15) is 18.0 Å². The van der Waals surface area contributed by atoms with Crippen LogP contribution < -0.4 is 0 Å². The molecule has 4 nitrogen and oxygen atoms in total. The molecule has 0 saturated carbocycles. The highest BCUT2D eigenvalue weighted by atomic mass is 19.4. The molecule has 0 unspecified atom stereocenters. The van der Waals surface area contributed by atoms with E-state index in [0.717, 1.165) is 6.07 Å². The predicted molar refractivity (Wildman–Crippen MR) is 58.0 cm³/mol. The monoisotopic (exact) mass is 273 g/mol. The minimum Gasteiger partial charge on any atom is -0.462 e. The molecule has 0 heterocycles. The Balaban J connectivity index is 3.49. The van der Waals surface area contributed by atoms with Gasteiger partial charge in [0.1, 0.15) is 6.07 Å². The molecule has 102 valence electrons. The van der Waals surface area contributed by atoms with Crippen LogP contribution in [0.5, 0.6) is 0 Å². The van der Waals surface area contributed by atoms with Crippen molar-refractivity contribution in [2.75, 3.05) is 6.61 Å². The van der Waals surface area contributed by atoms with Gasteiger partial charge in [0.2, 0.25) is 0 Å². The van der Waals surface area contributed by atoms with Gasteiger partial charge in [-0.2, -0.15) is 18.4 Å². The van der Waals surface area contributed by atoms with E-state index in [1.807, 2.05) is 0 Å². The van der Waals surface area contributed by atoms with Crippen LogP contribution in [0.25, 0.3) is 0 Å². The van der Waals surface area contributed by atoms with Crippen LogP contribution in [0.3, 0.4) is 0 Å². The normalized spacial score (nSPS) is 10.9. The van der Waals surface area contributed by atoms with E-state index in [1.54, 1.807) is 0 Å². The first-order chi connectivity index (χ1) is 8.86. The molecule has 0 aromatic heterocycles. The highest BCUT2D eigenvalue weighted by molar-refractivity contribution is 5.93. The van der Waals surface area contributed by atoms with E-state index in [2.05, 4.69) is 4.74 Å². The molecule has 1 rings (SSSR count). The molecule has 0 amide bonds. The molecular formula is C12H10F3NO3. The Morgan fingerprint density at radius 2 is 2.11 bits per heavy atom. The fraction of sp³-hybridized carbons (Fsp3) is 0.333. The number of benzene rings is 1. The summed E-state index contributed by atoms with van der Waals surface area (Å²) in [5.74, 6) is -0.900. The van der Waals surface area contributed by atoms with E-state index in [4.69, 9.17) is 10.4 Å². The van der Waals surface area contributed by atoms with Crippen LogP contribution in [0.4, 0.5) is 13.2 Å². The zero-order valence-corrected chi connectivity index (χ0v) is 9.91. The Hall–Kier alpha value is -2.07. The van der Waals surface area contributed by atoms with Gasteiger partial charge in [-0.3, -0.25) is 0 Å². The van der Waals surface area contributed by atoms with Gasteiger partial charge in [0, 0.05) is 5.56 Å². The first kappa shape index (κ1) is 15.0. The van der Waals surface area contributed by atoms with Gasteiger partial charge in [0.05, 0.1) is 29.9 Å². The fourth-order valence-corrected chi connectivity index (χ4v) is 1.58. The van der Waals surface area contributed by atoms with Crippen molar-refractivity contribution in [3.8, 4) is 6.07 Å². The molecule has 7 heteroatoms. The molecule has 1 aromatic carbocycles. The van der Waals surface area contributed by atoms with Gasteiger partial charge in [-0.05, 0) is 19.1 Å². The summed E-state index contributed by atoms with van der Waals surface area (Å²) in [6.07, 6.45) is -4.71. The average Bonchev–Trinajstić information content (AvgIpc) is 2.35. The number of aliphatic hydroxyl groups is 1. The highest BCUT2D eigenvalue weighted by Crippen LogP contribution is 2.34. The van der Waals surface area contributed by atoms with Gasteiger partial charge in [0.15, 0.2) is 0 Å². The number of carbonyl (C=O) groups excluding carboxylic acids is 1. The van der Waals surface area contributed by atoms with Gasteiger partial charge in [-0.1, -0.05) is 0 Å². The van der Waals surface area contributed by atoms with Gasteiger partial charge >= 0.3 is 12.1 Å². The predicted octanol–water partition coefficient (Wildman–Crippen LogP) is 2.25. The zero-order chi connectivity index (χ0) is 14.6. The molecule has 0 aliphatic carbocycles. The molecule has 0 radical (unpaired) electrons. The fourth-order valence-electron chi connectivity index (χ4n) is 1.58. The maximum Gasteiger partial charge on any atom is 0.416 e. The second-order valence-electron chi connectivity index (χ2n) is 3.50. The molecule has 0 bridgehead atoms. The zero-order valence-electron chi connectivity index (χ0n) is 9.91. The van der Waals surface area contributed by atoms with Crippen LogP contribution >= 0.6 is 0 Å². The number of ether oxygens (including phenoxy) is 1. The van der Waals surface area contributed by atoms with Crippen molar-refractivity contribution in [1.29, 1.82) is 5.26 Å². The summed E-state index contributed by atoms with van der Waals surface area (Å²) in [4.78, 5) is 11.5. The second-order valence-corrected chi connectivity index (χ2v) is 3.50. The topological polar surface area (TPSA) is 70.3 Å². The number of nitriles is 1. The summed E-state index contributed by atoms with van der Waals surface area (Å²) in [7, 11) is 0. The SMILES string of the molecule is CCOC(=O)c1ccc(C(F)(F)F)c(CO)c1C#N. The van der Waals surface area contributed by atoms with E-state index in [1.165, 1.54) is 13.0 Å². The maximum absolute atomic E-state index is 12.7. The number of esters is 1. The molecule has 0 aliphatic heterocycles. The van der Waals surface area contributed by atoms with Crippen molar-refractivity contribution in [2.24, 2.45) is 0 Å². The highest BCUT2D eigenvalue weighted by Gasteiger charge is 2.35. The number of rotatable bonds is 3. The Morgan fingerprint density at radius 3 is 2.53 bits per heavy atom. The molecule has 19 heavy (non-hydrogen) atoms. The number of hydrogen-bond acceptors (Lipinski definition) is 4. The number of nitrogens with zero attached hydrogens (tertiary/aromatic N) is 1. The van der Waals surface area contributed by atoms with E-state index < -0.39 is 35.4 Å². The third-order valence-corrected chi connectivity index (χ3v) is 2.38. The average molecular weight is 273 g/mol. The number of hydrogen-bond donors (Lipinski definition) is 1. The van der Waals surface area contributed by atoms with E-state index >= 15 is 0 Å². The number of aliphatic hydroxyl groups excluding tert-OH is 1. The summed E-state index contributed by atoms with van der Waals surface area (Å²) in [6.45, 7) is 0.561. The van der Waals surface area contributed by atoms with Crippen LogP contribution in [0, 0.1) is 11.3 Å². The van der Waals surface area contributed by atoms with Gasteiger partial charge in [-0.25, -0.2) is 4.79 Å². The van der Waals surface area contributed by atoms with Crippen LogP contribution in [0.2, 0.25) is 0 Å². The quantitative estimate of drug-likeness (QED) is 0.857. The number of halogens is 3. The van der Waals surface area contributed by atoms with Crippen molar-refractivity contribution in [1.82, 2.24) is 0 Å². The molecule has 0 atom stereocenters. The van der Waals surface area contributed by atoms with Gasteiger partial charge in [0.25, 0.3) is 0 Å². The Labute approximate surface area is 107 Å². The number of carbonyl (C=O) groups is 1. The van der Waals surface area contributed by atoms with Crippen LogP contribution in [-0.4, -0.2) is 17.7 Å². The third-order valence-electron chi connectivity index (χ3n) is 2.38. The van der Waals surface area contributed by atoms with Crippen molar-refractivity contribution in [3.05, 3.63) is 34.4 Å². The number of alkyl halides is 3. The first-order valence-corrected chi connectivity index (χ1v) is 5.28. The lowest BCUT2D eigenvalue weighted by Crippen LogP contribution is -2.15. The second kappa shape index (κ2) is 5.71. The molecule has 1 N–H and O–H groups in total. The van der Waals surface area contributed by atoms with Crippen molar-refractivity contribution < 1.29 is 27.8 Å². The van der Waals surface area contributed by atoms with Gasteiger partial charge < -0.3 is 9.84 Å². The summed E-state index contributed by atoms with van der Waals surface area (Å²) in [6, 6.07) is 3.03. The Bertz CT molecular complexity index is 532. The van der Waals surface area contributed by atoms with E-state index in [-0.39, 0.29) is 12.2 Å². The molecule has 0 fully saturated rings. The van der Waals surface area contributed by atoms with Crippen molar-refractivity contribution >= 4 is 5.97 Å². The molecule has 1 aromatic rings. The summed E-state index contributed by atoms with van der Waals surface area (Å²) < 4.78 is 42.7. The standard InChI is InChI=1S/C12H10F3NO3/c1-2-19-11(18)7-3-4-10(12(13,14)15)9(6-17)8(7)5-16/h3-4,17H,2,6H2,1H3. The minimum absolute atomic E-state index is 0.0270. The lowest BCUT2D eigenvalue weighted by Gasteiger charge is -2.14. The Morgan fingerprint density at radius 1 is 1.47 bits per heavy atom. The summed E-state index contributed by atoms with van der Waals surface area (Å²) in [5, 5.41) is 17.9. The summed E-state index contributed by atoms with van der Waals surface area (Å²) in [5.41, 5.74) is -2.57. The van der Waals surface area contributed by atoms with E-state index in [0.29, 0.717) is 6.07 Å². The maximum atomic E-state index is 12.7. The van der Waals surface area contributed by atoms with Crippen molar-refractivity contribution in [3.63, 3.8) is 0 Å². The third kappa shape index (κ3) is 3.03. The van der Waals surface area contributed by atoms with Gasteiger partial charge in [-0.15, -0.1) is 0 Å². The van der Waals surface area contributed by atoms with Crippen LogP contribution in [0.15, 0.2) is 12.1 Å². The van der Waals surface area contributed by atoms with Crippen LogP contribution in [0.1, 0.15) is 34.0 Å². The summed E-state index contributed by atoms with van der Waals surface area (Å²) >= 11 is 0. The molecule has 0 spiro atoms. The Kier molecular flexibility index (Phi) is 4.51. The van der Waals surface area contributed by atoms with Crippen molar-refractivity contribution in [2.45, 2.75) is 19.7 Å². The first-order valence-electron chi connectivity index (χ1n) is 5.28. The minimum atomic E-state index is -4.71. The molecule has 0 saturated heterocycles. The smallest absolute Gasteiger partial charge is 0.416 e. The largest absolute Gasteiger partial charge is 0.462 e. The molecule has 0 aliphatic rings.